The van der Waals surface area contributed by atoms with Gasteiger partial charge in [0.25, 0.3) is 5.91 Å². The van der Waals surface area contributed by atoms with Gasteiger partial charge in [0.2, 0.25) is 0 Å². The van der Waals surface area contributed by atoms with Gasteiger partial charge in [-0.1, -0.05) is 25.5 Å². The molecule has 134 valence electrons. The second-order valence-corrected chi connectivity index (χ2v) is 7.70. The van der Waals surface area contributed by atoms with Crippen molar-refractivity contribution in [2.75, 3.05) is 19.6 Å². The van der Waals surface area contributed by atoms with Crippen LogP contribution in [0.1, 0.15) is 42.3 Å². The van der Waals surface area contributed by atoms with Crippen molar-refractivity contribution in [1.82, 2.24) is 10.2 Å². The van der Waals surface area contributed by atoms with Crippen LogP contribution >= 0.6 is 11.3 Å². The lowest BCUT2D eigenvalue weighted by Gasteiger charge is -2.32. The summed E-state index contributed by atoms with van der Waals surface area (Å²) in [5.41, 5.74) is 0.940. The summed E-state index contributed by atoms with van der Waals surface area (Å²) in [4.78, 5) is 16.7. The Balaban J connectivity index is 1.53. The monoisotopic (exact) mass is 360 g/mol. The molecule has 2 heterocycles. The highest BCUT2D eigenvalue weighted by molar-refractivity contribution is 7.17. The van der Waals surface area contributed by atoms with Gasteiger partial charge in [-0.15, -0.1) is 11.3 Å². The largest absolute Gasteiger partial charge is 0.349 e. The van der Waals surface area contributed by atoms with Crippen molar-refractivity contribution >= 4 is 17.2 Å². The zero-order valence-electron chi connectivity index (χ0n) is 14.6. The minimum atomic E-state index is -0.247. The number of nitrogens with zero attached hydrogens (tertiary/aromatic N) is 1. The van der Waals surface area contributed by atoms with Crippen LogP contribution < -0.4 is 5.32 Å². The third-order valence-corrected chi connectivity index (χ3v) is 5.84. The maximum atomic E-state index is 13.0. The summed E-state index contributed by atoms with van der Waals surface area (Å²) < 4.78 is 13.0. The van der Waals surface area contributed by atoms with Gasteiger partial charge in [-0.2, -0.15) is 0 Å². The van der Waals surface area contributed by atoms with Gasteiger partial charge in [-0.05, 0) is 55.6 Å². The summed E-state index contributed by atoms with van der Waals surface area (Å²) in [6, 6.07) is 10.4. The third-order valence-electron chi connectivity index (χ3n) is 4.71. The topological polar surface area (TPSA) is 32.3 Å². The lowest BCUT2D eigenvalue weighted by atomic mass is 10.0. The van der Waals surface area contributed by atoms with Crippen LogP contribution in [0.15, 0.2) is 36.4 Å². The van der Waals surface area contributed by atoms with Crippen molar-refractivity contribution in [3.05, 3.63) is 47.1 Å². The van der Waals surface area contributed by atoms with Gasteiger partial charge in [0.05, 0.1) is 4.88 Å². The molecule has 1 saturated heterocycles. The van der Waals surface area contributed by atoms with Crippen LogP contribution in [0.3, 0.4) is 0 Å². The van der Waals surface area contributed by atoms with Crippen molar-refractivity contribution in [3.8, 4) is 10.4 Å². The van der Waals surface area contributed by atoms with E-state index in [4.69, 9.17) is 0 Å². The number of rotatable bonds is 6. The first-order valence-corrected chi connectivity index (χ1v) is 9.86. The number of hydrogen-bond acceptors (Lipinski definition) is 3. The fourth-order valence-electron chi connectivity index (χ4n) is 3.17. The average Bonchev–Trinajstić information content (AvgIpc) is 3.12. The average molecular weight is 360 g/mol. The summed E-state index contributed by atoms with van der Waals surface area (Å²) in [7, 11) is 0. The summed E-state index contributed by atoms with van der Waals surface area (Å²) in [5, 5.41) is 3.17. The van der Waals surface area contributed by atoms with Crippen LogP contribution in [0, 0.1) is 5.82 Å². The molecule has 0 aliphatic carbocycles. The number of carbonyl (C=O) groups excluding carboxylic acids is 1. The molecule has 0 unspecified atom stereocenters. The minimum Gasteiger partial charge on any atom is -0.349 e. The number of benzene rings is 1. The van der Waals surface area contributed by atoms with E-state index in [9.17, 15) is 9.18 Å². The quantitative estimate of drug-likeness (QED) is 0.820. The smallest absolute Gasteiger partial charge is 0.261 e. The highest BCUT2D eigenvalue weighted by Crippen LogP contribution is 2.28. The second kappa shape index (κ2) is 8.59. The molecule has 1 aromatic heterocycles. The molecule has 5 heteroatoms. The van der Waals surface area contributed by atoms with Crippen LogP contribution in [0.4, 0.5) is 4.39 Å². The Bertz CT molecular complexity index is 690. The van der Waals surface area contributed by atoms with Crippen LogP contribution in [-0.2, 0) is 0 Å². The number of halogens is 1. The first-order valence-electron chi connectivity index (χ1n) is 9.04. The molecule has 0 bridgehead atoms. The van der Waals surface area contributed by atoms with E-state index in [1.54, 1.807) is 12.1 Å². The molecule has 3 rings (SSSR count). The molecule has 2 aromatic rings. The van der Waals surface area contributed by atoms with E-state index in [0.29, 0.717) is 4.88 Å². The third kappa shape index (κ3) is 4.89. The maximum absolute atomic E-state index is 13.0. The summed E-state index contributed by atoms with van der Waals surface area (Å²) >= 11 is 1.46. The first-order chi connectivity index (χ1) is 12.2. The minimum absolute atomic E-state index is 0.00497. The lowest BCUT2D eigenvalue weighted by molar-refractivity contribution is 0.0915. The molecule has 1 fully saturated rings. The van der Waals surface area contributed by atoms with Crippen LogP contribution in [0.2, 0.25) is 0 Å². The molecule has 1 aliphatic rings. The summed E-state index contributed by atoms with van der Waals surface area (Å²) in [6.45, 7) is 5.52. The normalized spacial score (nSPS) is 16.1. The van der Waals surface area contributed by atoms with E-state index >= 15 is 0 Å². The van der Waals surface area contributed by atoms with Gasteiger partial charge < -0.3 is 10.2 Å². The Morgan fingerprint density at radius 2 is 1.92 bits per heavy atom. The highest BCUT2D eigenvalue weighted by atomic mass is 32.1. The van der Waals surface area contributed by atoms with Crippen molar-refractivity contribution < 1.29 is 9.18 Å². The van der Waals surface area contributed by atoms with Crippen LogP contribution in [-0.4, -0.2) is 36.5 Å². The Kier molecular flexibility index (Phi) is 6.21. The standard InChI is InChI=1S/C20H25FN2OS/c1-2-3-12-23-13-10-17(11-14-23)22-20(24)19-9-8-18(25-19)15-4-6-16(21)7-5-15/h4-9,17H,2-3,10-14H2,1H3,(H,22,24). The van der Waals surface area contributed by atoms with Crippen LogP contribution in [0.5, 0.6) is 0 Å². The lowest BCUT2D eigenvalue weighted by Crippen LogP contribution is -2.44. The maximum Gasteiger partial charge on any atom is 0.261 e. The van der Waals surface area contributed by atoms with E-state index in [-0.39, 0.29) is 17.8 Å². The Morgan fingerprint density at radius 3 is 2.60 bits per heavy atom. The van der Waals surface area contributed by atoms with Gasteiger partial charge in [-0.25, -0.2) is 4.39 Å². The molecule has 25 heavy (non-hydrogen) atoms. The summed E-state index contributed by atoms with van der Waals surface area (Å²) in [5.74, 6) is -0.242. The molecular formula is C20H25FN2OS. The van der Waals surface area contributed by atoms with E-state index < -0.39 is 0 Å². The molecule has 0 saturated carbocycles. The Labute approximate surface area is 152 Å². The van der Waals surface area contributed by atoms with Crippen molar-refractivity contribution in [1.29, 1.82) is 0 Å². The van der Waals surface area contributed by atoms with E-state index in [0.717, 1.165) is 36.4 Å². The Hall–Kier alpha value is -1.72. The van der Waals surface area contributed by atoms with Crippen molar-refractivity contribution in [2.24, 2.45) is 0 Å². The number of carbonyl (C=O) groups is 1. The van der Waals surface area contributed by atoms with Crippen molar-refractivity contribution in [2.45, 2.75) is 38.6 Å². The number of likely N-dealkylation sites (tertiary alicyclic amines) is 1. The number of thiophene rings is 1. The van der Waals surface area contributed by atoms with Gasteiger partial charge in [-0.3, -0.25) is 4.79 Å². The number of piperidine rings is 1. The predicted octanol–water partition coefficient (Wildman–Crippen LogP) is 4.55. The first kappa shape index (κ1) is 18.1. The van der Waals surface area contributed by atoms with Crippen LogP contribution in [0.25, 0.3) is 10.4 Å². The number of unbranched alkanes of at least 4 members (excludes halogenated alkanes) is 1. The zero-order valence-corrected chi connectivity index (χ0v) is 15.4. The van der Waals surface area contributed by atoms with E-state index in [1.165, 1.54) is 42.9 Å². The fraction of sp³-hybridized carbons (Fsp3) is 0.450. The Morgan fingerprint density at radius 1 is 1.20 bits per heavy atom. The molecule has 0 atom stereocenters. The van der Waals surface area contributed by atoms with Gasteiger partial charge in [0.1, 0.15) is 5.82 Å². The molecule has 1 N–H and O–H groups in total. The number of hydrogen-bond donors (Lipinski definition) is 1. The van der Waals surface area contributed by atoms with Gasteiger partial charge in [0.15, 0.2) is 0 Å². The molecule has 3 nitrogen and oxygen atoms in total. The fourth-order valence-corrected chi connectivity index (χ4v) is 4.08. The van der Waals surface area contributed by atoms with Gasteiger partial charge in [0, 0.05) is 24.0 Å². The SMILES string of the molecule is CCCCN1CCC(NC(=O)c2ccc(-c3ccc(F)cc3)s2)CC1. The zero-order chi connectivity index (χ0) is 17.6. The van der Waals surface area contributed by atoms with Crippen molar-refractivity contribution in [3.63, 3.8) is 0 Å². The second-order valence-electron chi connectivity index (χ2n) is 6.61. The number of nitrogens with one attached hydrogen (secondary N) is 1. The van der Waals surface area contributed by atoms with E-state index in [1.807, 2.05) is 12.1 Å². The molecule has 0 radical (unpaired) electrons. The predicted molar refractivity (Wildman–Crippen MR) is 102 cm³/mol. The van der Waals surface area contributed by atoms with E-state index in [2.05, 4.69) is 17.1 Å². The molecular weight excluding hydrogens is 335 g/mol. The molecule has 0 spiro atoms. The highest BCUT2D eigenvalue weighted by Gasteiger charge is 2.21. The van der Waals surface area contributed by atoms with Gasteiger partial charge >= 0.3 is 0 Å². The molecule has 1 amide bonds. The summed E-state index contributed by atoms with van der Waals surface area (Å²) in [6.07, 6.45) is 4.51. The molecule has 1 aromatic carbocycles. The number of amides is 1. The molecule has 1 aliphatic heterocycles.